The number of thiophene rings is 1. The van der Waals surface area contributed by atoms with Gasteiger partial charge in [-0.2, -0.15) is 4.31 Å². The molecular weight excluding hydrogens is 484 g/mol. The number of sulfonamides is 1. The second-order valence-corrected chi connectivity index (χ2v) is 11.4. The molecule has 2 heterocycles. The first-order valence-corrected chi connectivity index (χ1v) is 13.9. The van der Waals surface area contributed by atoms with E-state index in [1.165, 1.54) is 23.5 Å². The van der Waals surface area contributed by atoms with Crippen molar-refractivity contribution < 1.29 is 22.7 Å². The normalized spacial score (nSPS) is 15.9. The molecular formula is C26H30N2O5S2. The molecule has 0 bridgehead atoms. The van der Waals surface area contributed by atoms with Gasteiger partial charge in [0.15, 0.2) is 0 Å². The van der Waals surface area contributed by atoms with Crippen molar-refractivity contribution >= 4 is 27.3 Å². The third-order valence-corrected chi connectivity index (χ3v) is 8.62. The maximum atomic E-state index is 13.6. The first kappa shape index (κ1) is 25.4. The Morgan fingerprint density at radius 1 is 1.06 bits per heavy atom. The van der Waals surface area contributed by atoms with E-state index < -0.39 is 10.0 Å². The summed E-state index contributed by atoms with van der Waals surface area (Å²) in [5.74, 6) is 0.313. The van der Waals surface area contributed by atoms with Gasteiger partial charge >= 0.3 is 0 Å². The van der Waals surface area contributed by atoms with Crippen LogP contribution in [0.2, 0.25) is 0 Å². The molecule has 0 radical (unpaired) electrons. The van der Waals surface area contributed by atoms with Gasteiger partial charge in [-0.15, -0.1) is 11.3 Å². The lowest BCUT2D eigenvalue weighted by Crippen LogP contribution is -2.45. The summed E-state index contributed by atoms with van der Waals surface area (Å²) in [5.41, 5.74) is 0.987. The Balaban J connectivity index is 1.59. The highest BCUT2D eigenvalue weighted by Crippen LogP contribution is 2.23. The van der Waals surface area contributed by atoms with Gasteiger partial charge in [-0.3, -0.25) is 4.79 Å². The van der Waals surface area contributed by atoms with Crippen LogP contribution in [-0.4, -0.2) is 56.4 Å². The molecule has 1 fully saturated rings. The number of hydrogen-bond acceptors (Lipinski definition) is 6. The molecule has 1 amide bonds. The third kappa shape index (κ3) is 6.70. The van der Waals surface area contributed by atoms with Crippen LogP contribution in [0.25, 0.3) is 0 Å². The third-order valence-electron chi connectivity index (χ3n) is 5.94. The molecule has 1 aromatic heterocycles. The second kappa shape index (κ2) is 11.8. The first-order valence-electron chi connectivity index (χ1n) is 11.6. The highest BCUT2D eigenvalue weighted by atomic mass is 32.2. The molecule has 186 valence electrons. The molecule has 4 rings (SSSR count). The Kier molecular flexibility index (Phi) is 8.56. The quantitative estimate of drug-likeness (QED) is 0.384. The van der Waals surface area contributed by atoms with Crippen LogP contribution in [0.3, 0.4) is 0 Å². The fourth-order valence-electron chi connectivity index (χ4n) is 4.04. The van der Waals surface area contributed by atoms with Crippen LogP contribution in [-0.2, 0) is 32.6 Å². The summed E-state index contributed by atoms with van der Waals surface area (Å²) >= 11 is 1.57. The molecule has 1 atom stereocenters. The zero-order chi connectivity index (χ0) is 24.7. The fourth-order valence-corrected chi connectivity index (χ4v) is 6.18. The summed E-state index contributed by atoms with van der Waals surface area (Å²) in [6.07, 6.45) is 1.43. The van der Waals surface area contributed by atoms with Crippen molar-refractivity contribution in [2.45, 2.75) is 36.9 Å². The number of nitrogens with zero attached hydrogens (tertiary/aromatic N) is 2. The van der Waals surface area contributed by atoms with Crippen LogP contribution in [0.1, 0.15) is 23.3 Å². The van der Waals surface area contributed by atoms with Gasteiger partial charge in [0.05, 0.1) is 31.2 Å². The Morgan fingerprint density at radius 3 is 2.46 bits per heavy atom. The monoisotopic (exact) mass is 514 g/mol. The minimum atomic E-state index is -3.92. The van der Waals surface area contributed by atoms with Crippen LogP contribution < -0.4 is 4.74 Å². The number of rotatable bonds is 11. The number of methoxy groups -OCH3 is 1. The van der Waals surface area contributed by atoms with Gasteiger partial charge in [0.25, 0.3) is 0 Å². The van der Waals surface area contributed by atoms with Crippen molar-refractivity contribution in [1.82, 2.24) is 9.21 Å². The highest BCUT2D eigenvalue weighted by Gasteiger charge is 2.32. The van der Waals surface area contributed by atoms with E-state index in [2.05, 4.69) is 0 Å². The number of ether oxygens (including phenoxy) is 2. The molecule has 1 aliphatic heterocycles. The average Bonchev–Trinajstić information content (AvgIpc) is 3.58. The SMILES string of the molecule is COc1ccc(S(=O)(=O)N(CC(=O)N(Cc2ccccc2)Cc2cccs2)CC2CCCO2)cc1. The standard InChI is InChI=1S/C26H30N2O5S2/c1-32-22-11-13-25(14-12-22)35(30,31)28(18-23-9-5-15-33-23)20-26(29)27(19-24-10-6-16-34-24)17-21-7-3-2-4-8-21/h2-4,6-8,10-14,16,23H,5,9,15,17-20H2,1H3. The zero-order valence-electron chi connectivity index (χ0n) is 19.7. The predicted octanol–water partition coefficient (Wildman–Crippen LogP) is 4.16. The van der Waals surface area contributed by atoms with Crippen molar-refractivity contribution in [1.29, 1.82) is 0 Å². The molecule has 0 N–H and O–H groups in total. The van der Waals surface area contributed by atoms with Crippen LogP contribution in [0, 0.1) is 0 Å². The van der Waals surface area contributed by atoms with Crippen molar-refractivity contribution in [3.8, 4) is 5.75 Å². The molecule has 9 heteroatoms. The molecule has 1 aliphatic rings. The molecule has 2 aromatic carbocycles. The molecule has 0 saturated carbocycles. The summed E-state index contributed by atoms with van der Waals surface area (Å²) in [6.45, 7) is 1.30. The lowest BCUT2D eigenvalue weighted by molar-refractivity contribution is -0.132. The van der Waals surface area contributed by atoms with E-state index >= 15 is 0 Å². The highest BCUT2D eigenvalue weighted by molar-refractivity contribution is 7.89. The van der Waals surface area contributed by atoms with E-state index in [1.807, 2.05) is 47.8 Å². The van der Waals surface area contributed by atoms with E-state index in [1.54, 1.807) is 28.4 Å². The maximum absolute atomic E-state index is 13.6. The van der Waals surface area contributed by atoms with Crippen molar-refractivity contribution in [2.24, 2.45) is 0 Å². The average molecular weight is 515 g/mol. The van der Waals surface area contributed by atoms with Crippen molar-refractivity contribution in [3.63, 3.8) is 0 Å². The van der Waals surface area contributed by atoms with Gasteiger partial charge in [0.1, 0.15) is 5.75 Å². The van der Waals surface area contributed by atoms with Crippen LogP contribution in [0.4, 0.5) is 0 Å². The van der Waals surface area contributed by atoms with Gasteiger partial charge < -0.3 is 14.4 Å². The Bertz CT molecular complexity index is 1180. The maximum Gasteiger partial charge on any atom is 0.243 e. The second-order valence-electron chi connectivity index (χ2n) is 8.42. The summed E-state index contributed by atoms with van der Waals surface area (Å²) in [4.78, 5) is 16.5. The summed E-state index contributed by atoms with van der Waals surface area (Å²) < 4.78 is 39.4. The van der Waals surface area contributed by atoms with Gasteiger partial charge in [-0.1, -0.05) is 36.4 Å². The molecule has 0 spiro atoms. The number of amides is 1. The molecule has 35 heavy (non-hydrogen) atoms. The molecule has 7 nitrogen and oxygen atoms in total. The van der Waals surface area contributed by atoms with Gasteiger partial charge in [0, 0.05) is 24.6 Å². The fraction of sp³-hybridized carbons (Fsp3) is 0.346. The van der Waals surface area contributed by atoms with Crippen molar-refractivity contribution in [3.05, 3.63) is 82.6 Å². The van der Waals surface area contributed by atoms with E-state index in [9.17, 15) is 13.2 Å². The zero-order valence-corrected chi connectivity index (χ0v) is 21.3. The smallest absolute Gasteiger partial charge is 0.243 e. The van der Waals surface area contributed by atoms with E-state index in [4.69, 9.17) is 9.47 Å². The van der Waals surface area contributed by atoms with E-state index in [0.29, 0.717) is 25.4 Å². The minimum absolute atomic E-state index is 0.122. The number of carbonyl (C=O) groups excluding carboxylic acids is 1. The van der Waals surface area contributed by atoms with Crippen LogP contribution >= 0.6 is 11.3 Å². The summed E-state index contributed by atoms with van der Waals surface area (Å²) in [6, 6.07) is 19.9. The molecule has 1 saturated heterocycles. The molecule has 1 unspecified atom stereocenters. The van der Waals surface area contributed by atoms with Gasteiger partial charge in [0.2, 0.25) is 15.9 Å². The summed E-state index contributed by atoms with van der Waals surface area (Å²) in [7, 11) is -2.40. The number of hydrogen-bond donors (Lipinski definition) is 0. The predicted molar refractivity (Wildman–Crippen MR) is 136 cm³/mol. The minimum Gasteiger partial charge on any atom is -0.497 e. The Hall–Kier alpha value is -2.72. The lowest BCUT2D eigenvalue weighted by atomic mass is 10.2. The van der Waals surface area contributed by atoms with Crippen molar-refractivity contribution in [2.75, 3.05) is 26.8 Å². The van der Waals surface area contributed by atoms with Gasteiger partial charge in [-0.25, -0.2) is 8.42 Å². The van der Waals surface area contributed by atoms with E-state index in [0.717, 1.165) is 23.3 Å². The lowest BCUT2D eigenvalue weighted by Gasteiger charge is -2.28. The number of carbonyl (C=O) groups is 1. The topological polar surface area (TPSA) is 76.2 Å². The largest absolute Gasteiger partial charge is 0.497 e. The van der Waals surface area contributed by atoms with Crippen LogP contribution in [0.15, 0.2) is 77.0 Å². The van der Waals surface area contributed by atoms with E-state index in [-0.39, 0.29) is 30.0 Å². The van der Waals surface area contributed by atoms with Crippen LogP contribution in [0.5, 0.6) is 5.75 Å². The molecule has 3 aromatic rings. The summed E-state index contributed by atoms with van der Waals surface area (Å²) in [5, 5.41) is 1.97. The Morgan fingerprint density at radius 2 is 1.83 bits per heavy atom. The van der Waals surface area contributed by atoms with Gasteiger partial charge in [-0.05, 0) is 54.1 Å². The number of benzene rings is 2. The first-order chi connectivity index (χ1) is 17.0. The Labute approximate surface area is 210 Å². The molecule has 0 aliphatic carbocycles.